The number of hydrogen-bond donors (Lipinski definition) is 0. The van der Waals surface area contributed by atoms with Gasteiger partial charge in [-0.25, -0.2) is 9.78 Å². The summed E-state index contributed by atoms with van der Waals surface area (Å²) in [6.45, 7) is 0. The molecule has 2 rings (SSSR count). The highest BCUT2D eigenvalue weighted by atomic mass is 35.5. The SMILES string of the molecule is O=C(Oc1c(Cl)cc(Cl)cc1Cl)c1cc(Cl)ccn1. The predicted molar refractivity (Wildman–Crippen MR) is 75.7 cm³/mol. The fraction of sp³-hybridized carbons (Fsp3) is 0. The molecule has 0 aliphatic rings. The summed E-state index contributed by atoms with van der Waals surface area (Å²) in [5.74, 6) is -0.687. The van der Waals surface area contributed by atoms with Crippen LogP contribution in [0.5, 0.6) is 5.75 Å². The van der Waals surface area contributed by atoms with Crippen molar-refractivity contribution in [3.63, 3.8) is 0 Å². The average Bonchev–Trinajstić information content (AvgIpc) is 2.33. The summed E-state index contributed by atoms with van der Waals surface area (Å²) in [6.07, 6.45) is 1.39. The van der Waals surface area contributed by atoms with E-state index < -0.39 is 5.97 Å². The van der Waals surface area contributed by atoms with Crippen LogP contribution < -0.4 is 4.74 Å². The highest BCUT2D eigenvalue weighted by molar-refractivity contribution is 6.40. The summed E-state index contributed by atoms with van der Waals surface area (Å²) >= 11 is 23.3. The van der Waals surface area contributed by atoms with Crippen LogP contribution in [0.3, 0.4) is 0 Å². The van der Waals surface area contributed by atoms with Crippen LogP contribution in [0.2, 0.25) is 20.1 Å². The number of pyridine rings is 1. The van der Waals surface area contributed by atoms with Gasteiger partial charge in [0.2, 0.25) is 0 Å². The zero-order valence-corrected chi connectivity index (χ0v) is 12.2. The van der Waals surface area contributed by atoms with Gasteiger partial charge in [-0.05, 0) is 24.3 Å². The molecule has 0 amide bonds. The van der Waals surface area contributed by atoms with Crippen LogP contribution in [0.4, 0.5) is 0 Å². The van der Waals surface area contributed by atoms with Gasteiger partial charge < -0.3 is 4.74 Å². The van der Waals surface area contributed by atoms with Gasteiger partial charge in [0.25, 0.3) is 0 Å². The summed E-state index contributed by atoms with van der Waals surface area (Å²) < 4.78 is 5.09. The van der Waals surface area contributed by atoms with Gasteiger partial charge in [-0.2, -0.15) is 0 Å². The number of halogens is 4. The van der Waals surface area contributed by atoms with Crippen molar-refractivity contribution in [2.24, 2.45) is 0 Å². The monoisotopic (exact) mass is 335 g/mol. The molecule has 0 unspecified atom stereocenters. The maximum atomic E-state index is 11.9. The van der Waals surface area contributed by atoms with Crippen LogP contribution in [0.1, 0.15) is 10.5 Å². The van der Waals surface area contributed by atoms with E-state index in [4.69, 9.17) is 51.1 Å². The van der Waals surface area contributed by atoms with E-state index in [1.807, 2.05) is 0 Å². The molecule has 3 nitrogen and oxygen atoms in total. The van der Waals surface area contributed by atoms with Gasteiger partial charge >= 0.3 is 5.97 Å². The van der Waals surface area contributed by atoms with Crippen molar-refractivity contribution in [3.05, 3.63) is 56.2 Å². The van der Waals surface area contributed by atoms with Gasteiger partial charge in [0, 0.05) is 16.2 Å². The van der Waals surface area contributed by atoms with E-state index in [0.717, 1.165) is 0 Å². The first kappa shape index (κ1) is 14.4. The zero-order valence-electron chi connectivity index (χ0n) is 9.16. The lowest BCUT2D eigenvalue weighted by molar-refractivity contribution is 0.0729. The molecule has 0 spiro atoms. The highest BCUT2D eigenvalue weighted by Crippen LogP contribution is 2.36. The third-order valence-corrected chi connectivity index (χ3v) is 3.10. The molecule has 0 saturated carbocycles. The Labute approximate surface area is 129 Å². The predicted octanol–water partition coefficient (Wildman–Crippen LogP) is 4.91. The first-order chi connectivity index (χ1) is 8.97. The zero-order chi connectivity index (χ0) is 14.0. The van der Waals surface area contributed by atoms with Crippen LogP contribution in [0.15, 0.2) is 30.5 Å². The van der Waals surface area contributed by atoms with E-state index >= 15 is 0 Å². The van der Waals surface area contributed by atoms with Gasteiger partial charge in [-0.15, -0.1) is 0 Å². The Balaban J connectivity index is 2.29. The number of carbonyl (C=O) groups is 1. The molecule has 0 saturated heterocycles. The molecular weight excluding hydrogens is 332 g/mol. The molecule has 1 aromatic carbocycles. The first-order valence-corrected chi connectivity index (χ1v) is 6.47. The van der Waals surface area contributed by atoms with Crippen molar-refractivity contribution in [2.75, 3.05) is 0 Å². The number of carbonyl (C=O) groups excluding carboxylic acids is 1. The van der Waals surface area contributed by atoms with E-state index in [1.54, 1.807) is 6.07 Å². The maximum Gasteiger partial charge on any atom is 0.362 e. The molecule has 0 N–H and O–H groups in total. The number of aromatic nitrogens is 1. The lowest BCUT2D eigenvalue weighted by atomic mass is 10.3. The summed E-state index contributed by atoms with van der Waals surface area (Å²) in [5, 5.41) is 0.978. The molecule has 0 radical (unpaired) electrons. The molecular formula is C12H5Cl4NO2. The number of hydrogen-bond acceptors (Lipinski definition) is 3. The standard InChI is InChI=1S/C12H5Cl4NO2/c13-6-1-2-17-10(5-6)12(18)19-11-8(15)3-7(14)4-9(11)16/h1-5H. The normalized spacial score (nSPS) is 10.3. The second-order valence-corrected chi connectivity index (χ2v) is 5.13. The highest BCUT2D eigenvalue weighted by Gasteiger charge is 2.16. The van der Waals surface area contributed by atoms with Crippen molar-refractivity contribution in [1.82, 2.24) is 4.98 Å². The summed E-state index contributed by atoms with van der Waals surface area (Å²) in [6, 6.07) is 5.76. The molecule has 7 heteroatoms. The third-order valence-electron chi connectivity index (χ3n) is 2.09. The minimum atomic E-state index is -0.714. The van der Waals surface area contributed by atoms with E-state index in [9.17, 15) is 4.79 Å². The smallest absolute Gasteiger partial charge is 0.362 e. The molecule has 0 aliphatic heterocycles. The number of nitrogens with zero attached hydrogens (tertiary/aromatic N) is 1. The van der Waals surface area contributed by atoms with Gasteiger partial charge in [0.1, 0.15) is 5.69 Å². The summed E-state index contributed by atoms with van der Waals surface area (Å²) in [7, 11) is 0. The van der Waals surface area contributed by atoms with Crippen molar-refractivity contribution >= 4 is 52.4 Å². The first-order valence-electron chi connectivity index (χ1n) is 4.95. The lowest BCUT2D eigenvalue weighted by Crippen LogP contribution is -2.11. The van der Waals surface area contributed by atoms with E-state index in [-0.39, 0.29) is 21.5 Å². The number of esters is 1. The Bertz CT molecular complexity index is 622. The minimum absolute atomic E-state index is 0.0273. The van der Waals surface area contributed by atoms with Crippen LogP contribution in [-0.2, 0) is 0 Å². The van der Waals surface area contributed by atoms with Gasteiger partial charge in [-0.1, -0.05) is 46.4 Å². The molecule has 0 bridgehead atoms. The fourth-order valence-electron chi connectivity index (χ4n) is 1.29. The summed E-state index contributed by atoms with van der Waals surface area (Å²) in [5.41, 5.74) is 0.0505. The Morgan fingerprint density at radius 2 is 1.63 bits per heavy atom. The van der Waals surface area contributed by atoms with Crippen molar-refractivity contribution in [2.45, 2.75) is 0 Å². The quantitative estimate of drug-likeness (QED) is 0.577. The Kier molecular flexibility index (Phi) is 4.53. The Morgan fingerprint density at radius 3 is 2.21 bits per heavy atom. The third kappa shape index (κ3) is 3.51. The minimum Gasteiger partial charge on any atom is -0.419 e. The van der Waals surface area contributed by atoms with Gasteiger partial charge in [0.15, 0.2) is 5.75 Å². The van der Waals surface area contributed by atoms with Crippen LogP contribution >= 0.6 is 46.4 Å². The van der Waals surface area contributed by atoms with E-state index in [1.165, 1.54) is 24.4 Å². The molecule has 19 heavy (non-hydrogen) atoms. The number of ether oxygens (including phenoxy) is 1. The van der Waals surface area contributed by atoms with Crippen LogP contribution in [0, 0.1) is 0 Å². The van der Waals surface area contributed by atoms with Gasteiger partial charge in [-0.3, -0.25) is 0 Å². The largest absolute Gasteiger partial charge is 0.419 e. The Morgan fingerprint density at radius 1 is 1.00 bits per heavy atom. The molecule has 0 aliphatic carbocycles. The molecule has 1 heterocycles. The molecule has 0 fully saturated rings. The number of rotatable bonds is 2. The van der Waals surface area contributed by atoms with Crippen molar-refractivity contribution in [1.29, 1.82) is 0 Å². The van der Waals surface area contributed by atoms with Crippen molar-refractivity contribution < 1.29 is 9.53 Å². The van der Waals surface area contributed by atoms with Crippen LogP contribution in [-0.4, -0.2) is 11.0 Å². The topological polar surface area (TPSA) is 39.2 Å². The molecule has 1 aromatic heterocycles. The average molecular weight is 337 g/mol. The molecule has 98 valence electrons. The maximum absolute atomic E-state index is 11.9. The molecule has 0 atom stereocenters. The van der Waals surface area contributed by atoms with E-state index in [0.29, 0.717) is 10.0 Å². The second kappa shape index (κ2) is 5.97. The lowest BCUT2D eigenvalue weighted by Gasteiger charge is -2.08. The van der Waals surface area contributed by atoms with E-state index in [2.05, 4.69) is 4.98 Å². The second-order valence-electron chi connectivity index (χ2n) is 3.45. The van der Waals surface area contributed by atoms with Crippen molar-refractivity contribution in [3.8, 4) is 5.75 Å². The van der Waals surface area contributed by atoms with Crippen LogP contribution in [0.25, 0.3) is 0 Å². The molecule has 2 aromatic rings. The summed E-state index contributed by atoms with van der Waals surface area (Å²) in [4.78, 5) is 15.7. The van der Waals surface area contributed by atoms with Gasteiger partial charge in [0.05, 0.1) is 10.0 Å². The Hall–Kier alpha value is -1.00. The fourth-order valence-corrected chi connectivity index (χ4v) is 2.34. The number of benzene rings is 1.